The summed E-state index contributed by atoms with van der Waals surface area (Å²) in [5.74, 6) is 1.87. The molecular formula is C4H4B10Cl2. The van der Waals surface area contributed by atoms with Crippen LogP contribution in [-0.4, -0.2) is 76.0 Å². The van der Waals surface area contributed by atoms with E-state index in [1.165, 1.54) is 19.2 Å². The van der Waals surface area contributed by atoms with Gasteiger partial charge in [0.05, 0.1) is 6.60 Å². The minimum absolute atomic E-state index is 0.565. The monoisotopic (exact) mass is 232 g/mol. The second-order valence-corrected chi connectivity index (χ2v) is 8.45. The second-order valence-electron chi connectivity index (χ2n) is 7.92. The van der Waals surface area contributed by atoms with Crippen molar-refractivity contribution in [2.45, 2.75) is 10.4 Å². The van der Waals surface area contributed by atoms with E-state index >= 15 is 0 Å². The molecule has 0 spiro atoms. The molecule has 16 heavy (non-hydrogen) atoms. The molecule has 0 N–H and O–H groups in total. The molecule has 0 amide bonds. The van der Waals surface area contributed by atoms with Crippen LogP contribution in [-0.2, 0) is 0 Å². The highest BCUT2D eigenvalue weighted by Gasteiger charge is 3.09. The lowest BCUT2D eigenvalue weighted by atomic mass is 8.24. The highest BCUT2D eigenvalue weighted by atomic mass is 35.5. The van der Waals surface area contributed by atoms with Crippen molar-refractivity contribution in [3.05, 3.63) is 0 Å². The summed E-state index contributed by atoms with van der Waals surface area (Å²) in [7, 11) is 0. The molecule has 7 fully saturated rings. The van der Waals surface area contributed by atoms with Crippen molar-refractivity contribution in [3.63, 3.8) is 0 Å². The lowest BCUT2D eigenvalue weighted by Gasteiger charge is -2.65. The van der Waals surface area contributed by atoms with Crippen LogP contribution in [0, 0.1) is 0 Å². The molecule has 0 saturated carbocycles. The average Bonchev–Trinajstić information content (AvgIpc) is 2.96. The molecule has 0 nitrogen and oxygen atoms in total. The highest BCUT2D eigenvalue weighted by Crippen LogP contribution is 2.93. The van der Waals surface area contributed by atoms with Gasteiger partial charge in [0.25, 0.3) is 0 Å². The van der Waals surface area contributed by atoms with E-state index in [1.807, 2.05) is 0 Å². The Morgan fingerprint density at radius 2 is 1.06 bits per heavy atom. The van der Waals surface area contributed by atoms with E-state index in [1.54, 1.807) is 0 Å². The van der Waals surface area contributed by atoms with Gasteiger partial charge in [-0.05, 0) is 0 Å². The number of rotatable bonds is 2. The summed E-state index contributed by atoms with van der Waals surface area (Å²) in [6.45, 7) is 3.09. The van der Waals surface area contributed by atoms with Crippen LogP contribution >= 0.6 is 23.2 Å². The van der Waals surface area contributed by atoms with Gasteiger partial charge in [0.2, 0.25) is 0 Å². The fourth-order valence-corrected chi connectivity index (χ4v) is 10.5. The van der Waals surface area contributed by atoms with Gasteiger partial charge in [-0.1, -0.05) is 10.4 Å². The fourth-order valence-electron chi connectivity index (χ4n) is 9.28. The molecule has 0 aromatic heterocycles. The van der Waals surface area contributed by atoms with Gasteiger partial charge in [-0.2, -0.15) is 0 Å². The van der Waals surface area contributed by atoms with E-state index in [0.29, 0.717) is 10.4 Å². The van der Waals surface area contributed by atoms with Crippen molar-refractivity contribution in [1.29, 1.82) is 0 Å². The number of hydrogen-bond donors (Lipinski definition) is 0. The topological polar surface area (TPSA) is 0 Å². The first-order valence-electron chi connectivity index (χ1n) is 6.98. The zero-order valence-corrected chi connectivity index (χ0v) is 10.5. The van der Waals surface area contributed by atoms with Gasteiger partial charge in [0.15, 0.2) is 0 Å². The van der Waals surface area contributed by atoms with Crippen LogP contribution in [0.2, 0.25) is 10.4 Å². The van der Waals surface area contributed by atoms with Gasteiger partial charge in [-0.3, -0.25) is 0 Å². The van der Waals surface area contributed by atoms with Crippen molar-refractivity contribution in [2.24, 2.45) is 0 Å². The standard InChI is InChI=1S/C4H4B10Cl2/c15-1-3-4(2-16)5(3)8-6(3)10-13-11-7(4)9(8)12(11)14(10)13/h1-2H2. The van der Waals surface area contributed by atoms with Crippen LogP contribution in [0.4, 0.5) is 0 Å². The third kappa shape index (κ3) is 0.396. The molecule has 7 saturated heterocycles. The van der Waals surface area contributed by atoms with Gasteiger partial charge in [-0.15, -0.1) is 23.2 Å². The molecule has 7 aliphatic rings. The first kappa shape index (κ1) is 8.41. The molecular weight excluding hydrogens is 227 g/mol. The normalized spacial score (nSPS) is 48.4. The largest absolute Gasteiger partial charge is 0.128 e. The molecule has 64 valence electrons. The van der Waals surface area contributed by atoms with Crippen LogP contribution < -0.4 is 0 Å². The van der Waals surface area contributed by atoms with Crippen LogP contribution in [0.3, 0.4) is 0 Å². The minimum Gasteiger partial charge on any atom is -0.128 e. The average molecular weight is 231 g/mol. The zero-order valence-electron chi connectivity index (χ0n) is 8.94. The van der Waals surface area contributed by atoms with Gasteiger partial charge in [0, 0.05) is 69.4 Å². The Bertz CT molecular complexity index is 497. The van der Waals surface area contributed by atoms with E-state index in [0.717, 1.165) is 56.9 Å². The molecule has 0 radical (unpaired) electrons. The summed E-state index contributed by atoms with van der Waals surface area (Å²) in [6.07, 6.45) is 8.11. The minimum atomic E-state index is 0.565. The summed E-state index contributed by atoms with van der Waals surface area (Å²) in [4.78, 5) is 0. The highest BCUT2D eigenvalue weighted by molar-refractivity contribution is 8.61. The van der Waals surface area contributed by atoms with E-state index in [9.17, 15) is 0 Å². The van der Waals surface area contributed by atoms with Crippen molar-refractivity contribution >= 4 is 87.5 Å². The lowest BCUT2D eigenvalue weighted by molar-refractivity contribution is 0.871. The maximum atomic E-state index is 6.44. The number of hydrogen-bond acceptors (Lipinski definition) is 0. The Balaban J connectivity index is 1.58. The summed E-state index contributed by atoms with van der Waals surface area (Å²) < 4.78 is 0. The van der Waals surface area contributed by atoms with Crippen LogP contribution in [0.15, 0.2) is 0 Å². The van der Waals surface area contributed by atoms with E-state index < -0.39 is 0 Å². The summed E-state index contributed by atoms with van der Waals surface area (Å²) in [6, 6.07) is 0. The Morgan fingerprint density at radius 3 is 1.62 bits per heavy atom. The van der Waals surface area contributed by atoms with E-state index in [-0.39, 0.29) is 0 Å². The third-order valence-electron chi connectivity index (χ3n) is 8.98. The number of alkyl halides is 2. The van der Waals surface area contributed by atoms with Gasteiger partial charge in [-0.25, -0.2) is 0 Å². The Kier molecular flexibility index (Phi) is 0.967. The smallest absolute Gasteiger partial charge is 0.0869 e. The summed E-state index contributed by atoms with van der Waals surface area (Å²) in [5.41, 5.74) is 0. The Morgan fingerprint density at radius 1 is 0.625 bits per heavy atom. The molecule has 2 unspecified atom stereocenters. The van der Waals surface area contributed by atoms with Crippen LogP contribution in [0.5, 0.6) is 0 Å². The molecule has 7 rings (SSSR count). The molecule has 0 aromatic carbocycles. The van der Waals surface area contributed by atoms with Crippen molar-refractivity contribution in [3.8, 4) is 0 Å². The predicted octanol–water partition coefficient (Wildman–Crippen LogP) is -1.91. The SMILES string of the molecule is ClCC12B3B4B5B6B4B6B4B(B53)B1C42CCl. The summed E-state index contributed by atoms with van der Waals surface area (Å²) >= 11 is 12.9. The number of halogens is 2. The van der Waals surface area contributed by atoms with Crippen molar-refractivity contribution < 1.29 is 0 Å². The quantitative estimate of drug-likeness (QED) is 0.384. The molecule has 2 atom stereocenters. The third-order valence-corrected chi connectivity index (χ3v) is 9.87. The molecule has 0 bridgehead atoms. The predicted molar refractivity (Wildman–Crippen MR) is 84.4 cm³/mol. The molecule has 7 aliphatic heterocycles. The fraction of sp³-hybridized carbons (Fsp3) is 1.00. The summed E-state index contributed by atoms with van der Waals surface area (Å²) in [5, 5.41) is 1.13. The molecule has 7 heterocycles. The molecule has 0 aliphatic carbocycles. The number of fused-ring (bicyclic) bond motifs is 7. The van der Waals surface area contributed by atoms with Crippen LogP contribution in [0.1, 0.15) is 0 Å². The zero-order chi connectivity index (χ0) is 10.2. The van der Waals surface area contributed by atoms with Gasteiger partial charge < -0.3 is 0 Å². The second kappa shape index (κ2) is 1.84. The van der Waals surface area contributed by atoms with Gasteiger partial charge in [0.1, 0.15) is 0 Å². The van der Waals surface area contributed by atoms with E-state index in [4.69, 9.17) is 23.2 Å². The first-order chi connectivity index (χ1) is 7.86. The molecule has 12 heteroatoms. The van der Waals surface area contributed by atoms with Crippen molar-refractivity contribution in [1.82, 2.24) is 0 Å². The van der Waals surface area contributed by atoms with Gasteiger partial charge >= 0.3 is 0 Å². The Labute approximate surface area is 109 Å². The maximum absolute atomic E-state index is 6.44. The van der Waals surface area contributed by atoms with Crippen molar-refractivity contribution in [2.75, 3.05) is 11.8 Å². The maximum Gasteiger partial charge on any atom is 0.0869 e. The van der Waals surface area contributed by atoms with E-state index in [2.05, 4.69) is 0 Å². The van der Waals surface area contributed by atoms with Crippen LogP contribution in [0.25, 0.3) is 0 Å². The first-order valence-corrected chi connectivity index (χ1v) is 8.05. The lowest BCUT2D eigenvalue weighted by Crippen LogP contribution is -2.98. The molecule has 0 aromatic rings. The Hall–Kier alpha value is 1.23.